The first kappa shape index (κ1) is 20.1. The molecular formula is C19H16BrN3O4. The maximum absolute atomic E-state index is 12.1. The van der Waals surface area contributed by atoms with Crippen molar-refractivity contribution in [2.45, 2.75) is 13.0 Å². The number of hydrogen-bond acceptors (Lipinski definition) is 5. The monoisotopic (exact) mass is 429 g/mol. The maximum Gasteiger partial charge on any atom is 0.326 e. The summed E-state index contributed by atoms with van der Waals surface area (Å²) < 4.78 is 5.75. The van der Waals surface area contributed by atoms with E-state index in [-0.39, 0.29) is 6.54 Å². The predicted molar refractivity (Wildman–Crippen MR) is 102 cm³/mol. The Labute approximate surface area is 164 Å². The lowest BCUT2D eigenvalue weighted by molar-refractivity contribution is -0.152. The van der Waals surface area contributed by atoms with Crippen molar-refractivity contribution in [1.82, 2.24) is 5.32 Å². The number of ether oxygens (including phenoxy) is 1. The lowest BCUT2D eigenvalue weighted by Gasteiger charge is -2.14. The first-order valence-electron chi connectivity index (χ1n) is 7.94. The van der Waals surface area contributed by atoms with E-state index in [4.69, 9.17) is 10.00 Å². The maximum atomic E-state index is 12.1. The number of benzene rings is 2. The Kier molecular flexibility index (Phi) is 7.08. The predicted octanol–water partition coefficient (Wildman–Crippen LogP) is 2.62. The van der Waals surface area contributed by atoms with Crippen molar-refractivity contribution in [2.75, 3.05) is 11.9 Å². The molecule has 2 N–H and O–H groups in total. The number of carbonyl (C=O) groups excluding carboxylic acids is 3. The van der Waals surface area contributed by atoms with Crippen molar-refractivity contribution in [2.24, 2.45) is 0 Å². The first-order valence-corrected chi connectivity index (χ1v) is 8.73. The molecule has 2 amide bonds. The van der Waals surface area contributed by atoms with Crippen LogP contribution < -0.4 is 10.6 Å². The van der Waals surface area contributed by atoms with Crippen LogP contribution in [0, 0.1) is 11.3 Å². The zero-order chi connectivity index (χ0) is 19.8. The van der Waals surface area contributed by atoms with Crippen LogP contribution in [0.3, 0.4) is 0 Å². The standard InChI is InChI=1S/C19H16BrN3O4/c1-12(18(25)23-16-8-3-2-5-14(16)10-21)27-17(24)11-22-19(26)13-6-4-7-15(20)9-13/h2-9,12H,11H2,1H3,(H,22,26)(H,23,25). The molecule has 0 fully saturated rings. The molecule has 0 saturated carbocycles. The Bertz CT molecular complexity index is 908. The van der Waals surface area contributed by atoms with Gasteiger partial charge in [-0.25, -0.2) is 0 Å². The van der Waals surface area contributed by atoms with E-state index in [0.717, 1.165) is 4.47 Å². The summed E-state index contributed by atoms with van der Waals surface area (Å²) in [5, 5.41) is 14.0. The van der Waals surface area contributed by atoms with Gasteiger partial charge in [-0.3, -0.25) is 14.4 Å². The molecule has 2 aromatic carbocycles. The van der Waals surface area contributed by atoms with Crippen LogP contribution in [0.1, 0.15) is 22.8 Å². The number of nitrogens with one attached hydrogen (secondary N) is 2. The van der Waals surface area contributed by atoms with Crippen molar-refractivity contribution in [3.05, 3.63) is 64.1 Å². The molecule has 0 aliphatic carbocycles. The zero-order valence-electron chi connectivity index (χ0n) is 14.4. The van der Waals surface area contributed by atoms with Crippen LogP contribution in [0.25, 0.3) is 0 Å². The largest absolute Gasteiger partial charge is 0.451 e. The molecular weight excluding hydrogens is 414 g/mol. The van der Waals surface area contributed by atoms with Crippen molar-refractivity contribution in [1.29, 1.82) is 5.26 Å². The molecule has 0 aromatic heterocycles. The summed E-state index contributed by atoms with van der Waals surface area (Å²) in [4.78, 5) is 36.0. The normalized spacial score (nSPS) is 11.0. The number of amides is 2. The lowest BCUT2D eigenvalue weighted by Crippen LogP contribution is -2.35. The van der Waals surface area contributed by atoms with E-state index in [1.165, 1.54) is 6.92 Å². The van der Waals surface area contributed by atoms with E-state index in [1.54, 1.807) is 48.5 Å². The second-order valence-electron chi connectivity index (χ2n) is 5.47. The molecule has 2 aromatic rings. The minimum absolute atomic E-state index is 0.297. The third-order valence-electron chi connectivity index (χ3n) is 3.46. The molecule has 0 saturated heterocycles. The summed E-state index contributed by atoms with van der Waals surface area (Å²) in [6.07, 6.45) is -1.09. The number of hydrogen-bond donors (Lipinski definition) is 2. The molecule has 0 radical (unpaired) electrons. The molecule has 138 valence electrons. The van der Waals surface area contributed by atoms with Crippen LogP contribution in [-0.4, -0.2) is 30.4 Å². The molecule has 0 aliphatic rings. The van der Waals surface area contributed by atoms with E-state index < -0.39 is 23.9 Å². The average Bonchev–Trinajstić information content (AvgIpc) is 2.66. The van der Waals surface area contributed by atoms with Gasteiger partial charge in [-0.2, -0.15) is 5.26 Å². The molecule has 0 bridgehead atoms. The summed E-state index contributed by atoms with van der Waals surface area (Å²) in [7, 11) is 0. The minimum atomic E-state index is -1.09. The summed E-state index contributed by atoms with van der Waals surface area (Å²) in [5.74, 6) is -1.77. The van der Waals surface area contributed by atoms with Crippen molar-refractivity contribution in [3.8, 4) is 6.07 Å². The van der Waals surface area contributed by atoms with E-state index >= 15 is 0 Å². The van der Waals surface area contributed by atoms with Crippen LogP contribution in [0.4, 0.5) is 5.69 Å². The zero-order valence-corrected chi connectivity index (χ0v) is 15.9. The van der Waals surface area contributed by atoms with Gasteiger partial charge in [0.25, 0.3) is 11.8 Å². The fourth-order valence-electron chi connectivity index (χ4n) is 2.10. The molecule has 8 heteroatoms. The molecule has 27 heavy (non-hydrogen) atoms. The van der Waals surface area contributed by atoms with Gasteiger partial charge >= 0.3 is 5.97 Å². The number of nitrogens with zero attached hydrogens (tertiary/aromatic N) is 1. The summed E-state index contributed by atoms with van der Waals surface area (Å²) in [6.45, 7) is 1.02. The lowest BCUT2D eigenvalue weighted by atomic mass is 10.2. The highest BCUT2D eigenvalue weighted by Gasteiger charge is 2.19. The second kappa shape index (κ2) is 9.50. The number of carbonyl (C=O) groups is 3. The Balaban J connectivity index is 1.85. The van der Waals surface area contributed by atoms with Gasteiger partial charge in [0.1, 0.15) is 12.6 Å². The van der Waals surface area contributed by atoms with E-state index in [2.05, 4.69) is 26.6 Å². The van der Waals surface area contributed by atoms with Gasteiger partial charge < -0.3 is 15.4 Å². The number of rotatable bonds is 6. The summed E-state index contributed by atoms with van der Waals surface area (Å²) in [6, 6.07) is 15.1. The SMILES string of the molecule is CC(OC(=O)CNC(=O)c1cccc(Br)c1)C(=O)Nc1ccccc1C#N. The summed E-state index contributed by atoms with van der Waals surface area (Å²) in [5.41, 5.74) is 1.01. The molecule has 2 rings (SSSR count). The van der Waals surface area contributed by atoms with Crippen LogP contribution in [0.2, 0.25) is 0 Å². The highest BCUT2D eigenvalue weighted by Crippen LogP contribution is 2.14. The van der Waals surface area contributed by atoms with E-state index in [0.29, 0.717) is 16.8 Å². The molecule has 0 aliphatic heterocycles. The second-order valence-corrected chi connectivity index (χ2v) is 6.39. The molecule has 0 heterocycles. The molecule has 7 nitrogen and oxygen atoms in total. The Morgan fingerprint density at radius 1 is 1.19 bits per heavy atom. The van der Waals surface area contributed by atoms with Crippen LogP contribution in [0.15, 0.2) is 53.0 Å². The van der Waals surface area contributed by atoms with Crippen molar-refractivity contribution >= 4 is 39.4 Å². The third-order valence-corrected chi connectivity index (χ3v) is 3.96. The smallest absolute Gasteiger partial charge is 0.326 e. The quantitative estimate of drug-likeness (QED) is 0.685. The van der Waals surface area contributed by atoms with Gasteiger partial charge in [-0.1, -0.05) is 34.1 Å². The number of halogens is 1. The highest BCUT2D eigenvalue weighted by molar-refractivity contribution is 9.10. The molecule has 0 spiro atoms. The van der Waals surface area contributed by atoms with E-state index in [1.807, 2.05) is 6.07 Å². The Morgan fingerprint density at radius 3 is 2.63 bits per heavy atom. The minimum Gasteiger partial charge on any atom is -0.451 e. The highest BCUT2D eigenvalue weighted by atomic mass is 79.9. The van der Waals surface area contributed by atoms with Gasteiger partial charge in [0.15, 0.2) is 6.10 Å². The number of esters is 1. The fourth-order valence-corrected chi connectivity index (χ4v) is 2.50. The van der Waals surface area contributed by atoms with Crippen molar-refractivity contribution < 1.29 is 19.1 Å². The fraction of sp³-hybridized carbons (Fsp3) is 0.158. The van der Waals surface area contributed by atoms with Gasteiger partial charge in [-0.05, 0) is 37.3 Å². The van der Waals surface area contributed by atoms with Gasteiger partial charge in [0, 0.05) is 10.0 Å². The summed E-state index contributed by atoms with van der Waals surface area (Å²) >= 11 is 3.26. The van der Waals surface area contributed by atoms with E-state index in [9.17, 15) is 14.4 Å². The van der Waals surface area contributed by atoms with Crippen LogP contribution in [-0.2, 0) is 14.3 Å². The Hall–Kier alpha value is -3.18. The van der Waals surface area contributed by atoms with Gasteiger partial charge in [0.2, 0.25) is 0 Å². The third kappa shape index (κ3) is 5.94. The Morgan fingerprint density at radius 2 is 1.93 bits per heavy atom. The topological polar surface area (TPSA) is 108 Å². The van der Waals surface area contributed by atoms with Crippen LogP contribution in [0.5, 0.6) is 0 Å². The van der Waals surface area contributed by atoms with Gasteiger partial charge in [0.05, 0.1) is 11.3 Å². The average molecular weight is 430 g/mol. The van der Waals surface area contributed by atoms with Crippen molar-refractivity contribution in [3.63, 3.8) is 0 Å². The first-order chi connectivity index (χ1) is 12.9. The number of nitriles is 1. The number of anilines is 1. The molecule has 1 atom stereocenters. The van der Waals surface area contributed by atoms with Gasteiger partial charge in [-0.15, -0.1) is 0 Å². The van der Waals surface area contributed by atoms with Crippen LogP contribution >= 0.6 is 15.9 Å². The number of para-hydroxylation sites is 1. The molecule has 1 unspecified atom stereocenters.